The van der Waals surface area contributed by atoms with E-state index < -0.39 is 11.9 Å². The third-order valence-electron chi connectivity index (χ3n) is 2.83. The molecule has 0 fully saturated rings. The summed E-state index contributed by atoms with van der Waals surface area (Å²) in [5.74, 6) is -2.51. The fourth-order valence-corrected chi connectivity index (χ4v) is 1.74. The molecule has 0 aliphatic heterocycles. The number of carbonyl (C=O) groups is 3. The average Bonchev–Trinajstić information content (AvgIpc) is 3.04. The molecule has 0 aliphatic carbocycles. The van der Waals surface area contributed by atoms with Crippen molar-refractivity contribution in [3.8, 4) is 0 Å². The Balaban J connectivity index is 0.000000609. The summed E-state index contributed by atoms with van der Waals surface area (Å²) in [5.41, 5.74) is 1.06. The number of carboxylic acid groups (broad SMARTS) is 2. The second-order valence-electron chi connectivity index (χ2n) is 5.16. The van der Waals surface area contributed by atoms with Gasteiger partial charge in [-0.1, -0.05) is 13.3 Å². The number of aromatic amines is 1. The van der Waals surface area contributed by atoms with Gasteiger partial charge in [0.2, 0.25) is 0 Å². The fourth-order valence-electron chi connectivity index (χ4n) is 1.74. The van der Waals surface area contributed by atoms with Crippen LogP contribution < -0.4 is 5.32 Å². The lowest BCUT2D eigenvalue weighted by Crippen LogP contribution is -2.33. The lowest BCUT2D eigenvalue weighted by Gasteiger charge is -2.12. The molecule has 0 saturated heterocycles. The van der Waals surface area contributed by atoms with Crippen LogP contribution in [-0.2, 0) is 20.7 Å². The highest BCUT2D eigenvalue weighted by molar-refractivity contribution is 5.89. The minimum atomic E-state index is -1.26. The summed E-state index contributed by atoms with van der Waals surface area (Å²) in [6.45, 7) is 4.51. The molecular weight excluding hydrogens is 330 g/mol. The molecule has 1 rings (SSSR count). The molecule has 0 bridgehead atoms. The highest BCUT2D eigenvalue weighted by Crippen LogP contribution is 1.98. The number of carbonyl (C=O) groups excluding carboxylic acids is 1. The Morgan fingerprint density at radius 2 is 1.96 bits per heavy atom. The molecule has 9 heteroatoms. The SMILES string of the molecule is CCC[C@@H](C)NC(=O)OCCCc1cnc[nH]1.O=C(O)/C=C/C(=O)O. The standard InChI is InChI=1S/C12H21N3O2.C4H4O4/c1-3-5-10(2)15-12(16)17-7-4-6-11-8-13-9-14-11;5-3(6)1-2-4(7)8/h8-10H,3-7H2,1-2H3,(H,13,14)(H,15,16);1-2H,(H,5,6)(H,7,8)/b;2-1+/t10-;/m1./s1. The van der Waals surface area contributed by atoms with Crippen LogP contribution in [0.5, 0.6) is 0 Å². The molecule has 1 aromatic heterocycles. The van der Waals surface area contributed by atoms with Crippen LogP contribution in [0.15, 0.2) is 24.7 Å². The molecule has 9 nitrogen and oxygen atoms in total. The van der Waals surface area contributed by atoms with Gasteiger partial charge in [0, 0.05) is 30.1 Å². The molecule has 0 aliphatic rings. The van der Waals surface area contributed by atoms with Gasteiger partial charge in [-0.2, -0.15) is 0 Å². The third kappa shape index (κ3) is 14.5. The van der Waals surface area contributed by atoms with Crippen LogP contribution in [-0.4, -0.2) is 50.9 Å². The first kappa shape index (κ1) is 22.2. The summed E-state index contributed by atoms with van der Waals surface area (Å²) in [6.07, 6.45) is 7.90. The van der Waals surface area contributed by atoms with Gasteiger partial charge in [-0.25, -0.2) is 19.4 Å². The summed E-state index contributed by atoms with van der Waals surface area (Å²) in [4.78, 5) is 37.4. The average molecular weight is 355 g/mol. The van der Waals surface area contributed by atoms with Crippen molar-refractivity contribution >= 4 is 18.0 Å². The van der Waals surface area contributed by atoms with Crippen molar-refractivity contribution in [2.45, 2.75) is 45.6 Å². The highest BCUT2D eigenvalue weighted by Gasteiger charge is 2.06. The van der Waals surface area contributed by atoms with E-state index in [2.05, 4.69) is 22.2 Å². The van der Waals surface area contributed by atoms with E-state index in [1.54, 1.807) is 12.5 Å². The largest absolute Gasteiger partial charge is 0.478 e. The number of carboxylic acids is 2. The molecule has 1 aromatic rings. The van der Waals surface area contributed by atoms with Gasteiger partial charge >= 0.3 is 18.0 Å². The normalized spacial score (nSPS) is 11.3. The smallest absolute Gasteiger partial charge is 0.407 e. The maximum absolute atomic E-state index is 11.3. The van der Waals surface area contributed by atoms with Crippen LogP contribution in [0, 0.1) is 0 Å². The fraction of sp³-hybridized carbons (Fsp3) is 0.500. The predicted octanol–water partition coefficient (Wildman–Crippen LogP) is 1.97. The van der Waals surface area contributed by atoms with Gasteiger partial charge in [0.05, 0.1) is 12.9 Å². The van der Waals surface area contributed by atoms with Crippen molar-refractivity contribution in [1.29, 1.82) is 0 Å². The van der Waals surface area contributed by atoms with E-state index >= 15 is 0 Å². The summed E-state index contributed by atoms with van der Waals surface area (Å²) < 4.78 is 5.07. The van der Waals surface area contributed by atoms with Crippen molar-refractivity contribution in [1.82, 2.24) is 15.3 Å². The summed E-state index contributed by atoms with van der Waals surface area (Å²) in [7, 11) is 0. The first-order valence-corrected chi connectivity index (χ1v) is 7.89. The molecule has 0 spiro atoms. The number of ether oxygens (including phenoxy) is 1. The Morgan fingerprint density at radius 3 is 2.44 bits per heavy atom. The van der Waals surface area contributed by atoms with E-state index in [4.69, 9.17) is 14.9 Å². The minimum absolute atomic E-state index is 0.181. The minimum Gasteiger partial charge on any atom is -0.478 e. The molecule has 0 unspecified atom stereocenters. The molecule has 1 atom stereocenters. The zero-order valence-electron chi connectivity index (χ0n) is 14.4. The third-order valence-corrected chi connectivity index (χ3v) is 2.83. The van der Waals surface area contributed by atoms with Gasteiger partial charge in [0.25, 0.3) is 0 Å². The van der Waals surface area contributed by atoms with Crippen molar-refractivity contribution in [2.75, 3.05) is 6.61 Å². The van der Waals surface area contributed by atoms with Crippen LogP contribution >= 0.6 is 0 Å². The van der Waals surface area contributed by atoms with Crippen molar-refractivity contribution in [3.63, 3.8) is 0 Å². The molecule has 1 amide bonds. The van der Waals surface area contributed by atoms with Gasteiger partial charge in [0.1, 0.15) is 0 Å². The molecule has 4 N–H and O–H groups in total. The first-order valence-electron chi connectivity index (χ1n) is 7.89. The van der Waals surface area contributed by atoms with E-state index in [9.17, 15) is 14.4 Å². The number of aliphatic carboxylic acids is 2. The lowest BCUT2D eigenvalue weighted by molar-refractivity contribution is -0.134. The monoisotopic (exact) mass is 355 g/mol. The first-order chi connectivity index (χ1) is 11.8. The topological polar surface area (TPSA) is 142 Å². The van der Waals surface area contributed by atoms with Crippen LogP contribution in [0.1, 0.15) is 38.8 Å². The molecule has 140 valence electrons. The number of hydrogen-bond acceptors (Lipinski definition) is 5. The van der Waals surface area contributed by atoms with E-state index in [0.29, 0.717) is 18.8 Å². The van der Waals surface area contributed by atoms with Gasteiger partial charge in [0.15, 0.2) is 0 Å². The zero-order chi connectivity index (χ0) is 19.1. The van der Waals surface area contributed by atoms with Crippen LogP contribution in [0.3, 0.4) is 0 Å². The van der Waals surface area contributed by atoms with E-state index in [1.807, 2.05) is 6.92 Å². The van der Waals surface area contributed by atoms with Gasteiger partial charge in [-0.15, -0.1) is 0 Å². The van der Waals surface area contributed by atoms with Gasteiger partial charge in [-0.3, -0.25) is 0 Å². The Morgan fingerprint density at radius 1 is 1.32 bits per heavy atom. The zero-order valence-corrected chi connectivity index (χ0v) is 14.4. The quantitative estimate of drug-likeness (QED) is 0.392. The Kier molecular flexibility index (Phi) is 12.0. The number of nitrogens with one attached hydrogen (secondary N) is 2. The summed E-state index contributed by atoms with van der Waals surface area (Å²) in [6, 6.07) is 0.181. The Hall–Kier alpha value is -2.84. The maximum Gasteiger partial charge on any atom is 0.407 e. The number of nitrogens with zero attached hydrogens (tertiary/aromatic N) is 1. The molecule has 0 saturated carbocycles. The maximum atomic E-state index is 11.3. The molecule has 0 aromatic carbocycles. The second-order valence-corrected chi connectivity index (χ2v) is 5.16. The molecule has 25 heavy (non-hydrogen) atoms. The van der Waals surface area contributed by atoms with Crippen molar-refractivity contribution in [3.05, 3.63) is 30.4 Å². The number of hydrogen-bond donors (Lipinski definition) is 4. The van der Waals surface area contributed by atoms with Gasteiger partial charge in [-0.05, 0) is 26.2 Å². The molecule has 0 radical (unpaired) electrons. The number of aromatic nitrogens is 2. The van der Waals surface area contributed by atoms with E-state index in [0.717, 1.165) is 31.4 Å². The number of imidazole rings is 1. The number of amides is 1. The summed E-state index contributed by atoms with van der Waals surface area (Å²) in [5, 5.41) is 18.4. The Bertz CT molecular complexity index is 526. The number of aryl methyl sites for hydroxylation is 1. The number of H-pyrrole nitrogens is 1. The molecular formula is C16H25N3O6. The Labute approximate surface area is 146 Å². The molecule has 1 heterocycles. The van der Waals surface area contributed by atoms with E-state index in [-0.39, 0.29) is 12.1 Å². The highest BCUT2D eigenvalue weighted by atomic mass is 16.5. The van der Waals surface area contributed by atoms with Crippen molar-refractivity contribution < 1.29 is 29.3 Å². The van der Waals surface area contributed by atoms with Crippen LogP contribution in [0.25, 0.3) is 0 Å². The van der Waals surface area contributed by atoms with Crippen molar-refractivity contribution in [2.24, 2.45) is 0 Å². The van der Waals surface area contributed by atoms with Gasteiger partial charge < -0.3 is 25.3 Å². The van der Waals surface area contributed by atoms with E-state index in [1.165, 1.54) is 0 Å². The second kappa shape index (κ2) is 13.6. The number of alkyl carbamates (subject to hydrolysis) is 1. The lowest BCUT2D eigenvalue weighted by atomic mass is 10.2. The predicted molar refractivity (Wildman–Crippen MR) is 90.2 cm³/mol. The van der Waals surface area contributed by atoms with Crippen LogP contribution in [0.2, 0.25) is 0 Å². The number of rotatable bonds is 9. The summed E-state index contributed by atoms with van der Waals surface area (Å²) >= 11 is 0. The van der Waals surface area contributed by atoms with Crippen LogP contribution in [0.4, 0.5) is 4.79 Å².